The number of nitrogens with two attached hydrogens (primary N) is 1. The van der Waals surface area contributed by atoms with Crippen molar-refractivity contribution in [1.29, 1.82) is 5.26 Å². The van der Waals surface area contributed by atoms with Crippen molar-refractivity contribution in [2.75, 3.05) is 10.7 Å². The van der Waals surface area contributed by atoms with Gasteiger partial charge in [-0.3, -0.25) is 10.6 Å². The average Bonchev–Trinajstić information content (AvgIpc) is 2.49. The van der Waals surface area contributed by atoms with Crippen molar-refractivity contribution in [2.45, 2.75) is 13.8 Å². The molecule has 106 valence electrons. The number of nitrogen functional groups attached to an aromatic ring is 1. The number of nitriles is 1. The third-order valence-corrected chi connectivity index (χ3v) is 3.25. The maximum absolute atomic E-state index is 12.3. The maximum Gasteiger partial charge on any atom is 0.255 e. The molecule has 2 aromatic rings. The number of aryl methyl sites for hydroxylation is 2. The highest BCUT2D eigenvalue weighted by molar-refractivity contribution is 6.05. The van der Waals surface area contributed by atoms with Gasteiger partial charge in [0.1, 0.15) is 0 Å². The summed E-state index contributed by atoms with van der Waals surface area (Å²) in [6.07, 6.45) is 0. The average molecular weight is 280 g/mol. The number of rotatable bonds is 3. The molecule has 0 heterocycles. The van der Waals surface area contributed by atoms with Gasteiger partial charge in [-0.05, 0) is 55.3 Å². The second-order valence-electron chi connectivity index (χ2n) is 4.77. The first-order chi connectivity index (χ1) is 10.0. The first-order valence-corrected chi connectivity index (χ1v) is 6.44. The molecular weight excluding hydrogens is 264 g/mol. The summed E-state index contributed by atoms with van der Waals surface area (Å²) in [5.41, 5.74) is 6.72. The molecule has 2 aromatic carbocycles. The van der Waals surface area contributed by atoms with Crippen molar-refractivity contribution in [3.63, 3.8) is 0 Å². The first-order valence-electron chi connectivity index (χ1n) is 6.44. The van der Waals surface area contributed by atoms with Crippen LogP contribution in [0.15, 0.2) is 36.4 Å². The Morgan fingerprint density at radius 1 is 1.14 bits per heavy atom. The van der Waals surface area contributed by atoms with E-state index in [9.17, 15) is 4.79 Å². The van der Waals surface area contributed by atoms with Crippen LogP contribution in [0.3, 0.4) is 0 Å². The summed E-state index contributed by atoms with van der Waals surface area (Å²) in [6, 6.07) is 12.5. The Hall–Kier alpha value is -2.84. The van der Waals surface area contributed by atoms with Crippen LogP contribution in [0.1, 0.15) is 27.0 Å². The van der Waals surface area contributed by atoms with E-state index in [1.54, 1.807) is 30.3 Å². The molecule has 0 saturated heterocycles. The monoisotopic (exact) mass is 280 g/mol. The molecule has 0 unspecified atom stereocenters. The Balaban J connectivity index is 2.28. The Morgan fingerprint density at radius 3 is 2.52 bits per heavy atom. The van der Waals surface area contributed by atoms with E-state index in [1.807, 2.05) is 19.9 Å². The minimum Gasteiger partial charge on any atom is -0.324 e. The molecule has 5 heteroatoms. The summed E-state index contributed by atoms with van der Waals surface area (Å²) >= 11 is 0. The summed E-state index contributed by atoms with van der Waals surface area (Å²) in [6.45, 7) is 3.72. The molecule has 4 N–H and O–H groups in total. The maximum atomic E-state index is 12.3. The van der Waals surface area contributed by atoms with Crippen LogP contribution >= 0.6 is 0 Å². The molecule has 21 heavy (non-hydrogen) atoms. The fourth-order valence-electron chi connectivity index (χ4n) is 2.02. The number of carbonyl (C=O) groups is 1. The van der Waals surface area contributed by atoms with Gasteiger partial charge in [-0.15, -0.1) is 0 Å². The van der Waals surface area contributed by atoms with Crippen LogP contribution in [0.25, 0.3) is 0 Å². The van der Waals surface area contributed by atoms with Crippen LogP contribution < -0.4 is 16.6 Å². The van der Waals surface area contributed by atoms with Crippen molar-refractivity contribution in [2.24, 2.45) is 5.84 Å². The smallest absolute Gasteiger partial charge is 0.255 e. The topological polar surface area (TPSA) is 90.9 Å². The van der Waals surface area contributed by atoms with E-state index in [0.29, 0.717) is 16.8 Å². The van der Waals surface area contributed by atoms with Gasteiger partial charge in [0.15, 0.2) is 0 Å². The highest BCUT2D eigenvalue weighted by atomic mass is 16.1. The Bertz CT molecular complexity index is 732. The molecule has 2 rings (SSSR count). The van der Waals surface area contributed by atoms with Gasteiger partial charge in [-0.25, -0.2) is 0 Å². The molecule has 0 aliphatic heterocycles. The zero-order valence-electron chi connectivity index (χ0n) is 11.9. The largest absolute Gasteiger partial charge is 0.324 e. The number of amides is 1. The quantitative estimate of drug-likeness (QED) is 0.595. The third kappa shape index (κ3) is 3.19. The van der Waals surface area contributed by atoms with Gasteiger partial charge >= 0.3 is 0 Å². The zero-order chi connectivity index (χ0) is 15.4. The third-order valence-electron chi connectivity index (χ3n) is 3.25. The number of carbonyl (C=O) groups excluding carboxylic acids is 1. The van der Waals surface area contributed by atoms with Crippen molar-refractivity contribution < 1.29 is 4.79 Å². The van der Waals surface area contributed by atoms with Crippen molar-refractivity contribution in [3.8, 4) is 6.07 Å². The molecule has 0 saturated carbocycles. The predicted octanol–water partition coefficient (Wildman–Crippen LogP) is 2.71. The molecule has 0 bridgehead atoms. The summed E-state index contributed by atoms with van der Waals surface area (Å²) < 4.78 is 0. The molecule has 0 aliphatic carbocycles. The minimum atomic E-state index is -0.214. The number of hydrogen-bond acceptors (Lipinski definition) is 4. The van der Waals surface area contributed by atoms with Crippen LogP contribution in [0.5, 0.6) is 0 Å². The molecule has 0 fully saturated rings. The van der Waals surface area contributed by atoms with Gasteiger partial charge in [-0.1, -0.05) is 6.07 Å². The normalized spacial score (nSPS) is 9.81. The van der Waals surface area contributed by atoms with E-state index in [4.69, 9.17) is 11.1 Å². The summed E-state index contributed by atoms with van der Waals surface area (Å²) in [7, 11) is 0. The molecule has 0 radical (unpaired) electrons. The lowest BCUT2D eigenvalue weighted by atomic mass is 10.1. The van der Waals surface area contributed by atoms with E-state index in [2.05, 4.69) is 16.8 Å². The molecule has 1 amide bonds. The van der Waals surface area contributed by atoms with E-state index in [0.717, 1.165) is 16.8 Å². The van der Waals surface area contributed by atoms with E-state index in [1.165, 1.54) is 0 Å². The molecule has 0 atom stereocenters. The van der Waals surface area contributed by atoms with Gasteiger partial charge < -0.3 is 10.7 Å². The number of nitrogens with one attached hydrogen (secondary N) is 2. The van der Waals surface area contributed by atoms with Gasteiger partial charge in [0.2, 0.25) is 0 Å². The Morgan fingerprint density at radius 2 is 1.90 bits per heavy atom. The lowest BCUT2D eigenvalue weighted by Crippen LogP contribution is -2.15. The molecule has 5 nitrogen and oxygen atoms in total. The van der Waals surface area contributed by atoms with Crippen LogP contribution in [-0.2, 0) is 0 Å². The predicted molar refractivity (Wildman–Crippen MR) is 82.8 cm³/mol. The molecular formula is C16H16N4O. The number of hydrazine groups is 1. The van der Waals surface area contributed by atoms with Crippen LogP contribution in [0.2, 0.25) is 0 Å². The lowest BCUT2D eigenvalue weighted by Gasteiger charge is -2.11. The Labute approximate surface area is 123 Å². The highest BCUT2D eigenvalue weighted by Gasteiger charge is 2.11. The van der Waals surface area contributed by atoms with Crippen LogP contribution in [0, 0.1) is 25.2 Å². The zero-order valence-corrected chi connectivity index (χ0v) is 11.9. The van der Waals surface area contributed by atoms with Gasteiger partial charge in [-0.2, -0.15) is 5.26 Å². The second kappa shape index (κ2) is 6.07. The number of nitrogens with zero attached hydrogens (tertiary/aromatic N) is 1. The molecule has 0 aliphatic rings. The number of hydrogen-bond donors (Lipinski definition) is 3. The minimum absolute atomic E-state index is 0.214. The number of benzene rings is 2. The molecule has 0 spiro atoms. The fourth-order valence-corrected chi connectivity index (χ4v) is 2.02. The van der Waals surface area contributed by atoms with E-state index in [-0.39, 0.29) is 5.91 Å². The van der Waals surface area contributed by atoms with Crippen molar-refractivity contribution >= 4 is 17.3 Å². The SMILES string of the molecule is Cc1ccc(C#N)cc1NC(=O)c1ccc(NN)cc1C. The highest BCUT2D eigenvalue weighted by Crippen LogP contribution is 2.20. The summed E-state index contributed by atoms with van der Waals surface area (Å²) in [5, 5.41) is 11.8. The van der Waals surface area contributed by atoms with Gasteiger partial charge in [0, 0.05) is 16.9 Å². The lowest BCUT2D eigenvalue weighted by molar-refractivity contribution is 0.102. The summed E-state index contributed by atoms with van der Waals surface area (Å²) in [5.74, 6) is 5.13. The van der Waals surface area contributed by atoms with Crippen molar-refractivity contribution in [3.05, 3.63) is 58.7 Å². The fraction of sp³-hybridized carbons (Fsp3) is 0.125. The summed E-state index contributed by atoms with van der Waals surface area (Å²) in [4.78, 5) is 12.3. The standard InChI is InChI=1S/C16H16N4O/c1-10-3-4-12(9-17)8-15(10)19-16(21)14-6-5-13(20-18)7-11(14)2/h3-8,20H,18H2,1-2H3,(H,19,21). The van der Waals surface area contributed by atoms with Crippen molar-refractivity contribution in [1.82, 2.24) is 0 Å². The Kier molecular flexibility index (Phi) is 4.21. The van der Waals surface area contributed by atoms with Gasteiger partial charge in [0.25, 0.3) is 5.91 Å². The van der Waals surface area contributed by atoms with Gasteiger partial charge in [0.05, 0.1) is 11.6 Å². The number of anilines is 2. The van der Waals surface area contributed by atoms with Crippen LogP contribution in [-0.4, -0.2) is 5.91 Å². The van der Waals surface area contributed by atoms with E-state index >= 15 is 0 Å². The van der Waals surface area contributed by atoms with Crippen LogP contribution in [0.4, 0.5) is 11.4 Å². The van der Waals surface area contributed by atoms with E-state index < -0.39 is 0 Å². The first kappa shape index (κ1) is 14.6. The second-order valence-corrected chi connectivity index (χ2v) is 4.77. The molecule has 0 aromatic heterocycles.